The van der Waals surface area contributed by atoms with E-state index in [1.807, 2.05) is 12.1 Å². The Morgan fingerprint density at radius 1 is 1.22 bits per heavy atom. The van der Waals surface area contributed by atoms with E-state index in [1.54, 1.807) is 30.7 Å². The van der Waals surface area contributed by atoms with Crippen molar-refractivity contribution in [2.75, 3.05) is 32.8 Å². The Labute approximate surface area is 188 Å². The third-order valence-electron chi connectivity index (χ3n) is 5.88. The van der Waals surface area contributed by atoms with Crippen molar-refractivity contribution >= 4 is 11.6 Å². The van der Waals surface area contributed by atoms with Crippen LogP contribution in [0.4, 0.5) is 5.69 Å². The summed E-state index contributed by atoms with van der Waals surface area (Å²) in [5, 5.41) is 18.6. The minimum Gasteiger partial charge on any atom is -0.379 e. The van der Waals surface area contributed by atoms with Crippen LogP contribution >= 0.6 is 0 Å². The summed E-state index contributed by atoms with van der Waals surface area (Å²) in [7, 11) is 0. The van der Waals surface area contributed by atoms with E-state index in [1.165, 1.54) is 0 Å². The molecule has 0 aliphatic carbocycles. The van der Waals surface area contributed by atoms with Gasteiger partial charge in [-0.3, -0.25) is 24.5 Å². The predicted octanol–water partition coefficient (Wildman–Crippen LogP) is 2.93. The van der Waals surface area contributed by atoms with E-state index in [4.69, 9.17) is 4.74 Å². The Hall–Kier alpha value is -2.78. The molecule has 1 saturated heterocycles. The van der Waals surface area contributed by atoms with E-state index < -0.39 is 4.92 Å². The summed E-state index contributed by atoms with van der Waals surface area (Å²) in [6.07, 6.45) is 1.02. The van der Waals surface area contributed by atoms with Gasteiger partial charge in [-0.25, -0.2) is 0 Å². The first kappa shape index (κ1) is 23.9. The molecular weight excluding hydrogens is 410 g/mol. The smallest absolute Gasteiger partial charge is 0.312 e. The predicted molar refractivity (Wildman–Crippen MR) is 122 cm³/mol. The highest BCUT2D eigenvalue weighted by Gasteiger charge is 2.23. The lowest BCUT2D eigenvalue weighted by atomic mass is 10.0. The Morgan fingerprint density at radius 3 is 2.44 bits per heavy atom. The van der Waals surface area contributed by atoms with Gasteiger partial charge in [0.1, 0.15) is 11.4 Å². The zero-order valence-corrected chi connectivity index (χ0v) is 19.3. The largest absolute Gasteiger partial charge is 0.379 e. The number of nitrogens with one attached hydrogen (secondary N) is 1. The summed E-state index contributed by atoms with van der Waals surface area (Å²) >= 11 is 0. The molecule has 3 rings (SSSR count). The number of carbonyl (C=O) groups is 1. The maximum atomic E-state index is 12.7. The van der Waals surface area contributed by atoms with Gasteiger partial charge in [-0.05, 0) is 43.9 Å². The number of rotatable bonds is 9. The van der Waals surface area contributed by atoms with Crippen LogP contribution in [0.3, 0.4) is 0 Å². The average Bonchev–Trinajstić information content (AvgIpc) is 3.04. The Bertz CT molecular complexity index is 933. The van der Waals surface area contributed by atoms with Crippen molar-refractivity contribution in [2.24, 2.45) is 5.92 Å². The van der Waals surface area contributed by atoms with Gasteiger partial charge >= 0.3 is 5.69 Å². The van der Waals surface area contributed by atoms with Crippen LogP contribution in [-0.4, -0.2) is 64.4 Å². The topological polar surface area (TPSA) is 103 Å². The molecule has 0 radical (unpaired) electrons. The second-order valence-electron chi connectivity index (χ2n) is 8.77. The fraction of sp³-hybridized carbons (Fsp3) is 0.565. The van der Waals surface area contributed by atoms with E-state index >= 15 is 0 Å². The number of benzene rings is 1. The number of aromatic nitrogens is 2. The van der Waals surface area contributed by atoms with E-state index in [0.29, 0.717) is 42.0 Å². The van der Waals surface area contributed by atoms with Crippen molar-refractivity contribution < 1.29 is 14.5 Å². The molecule has 1 aromatic heterocycles. The van der Waals surface area contributed by atoms with Gasteiger partial charge in [0.2, 0.25) is 0 Å². The van der Waals surface area contributed by atoms with Gasteiger partial charge < -0.3 is 10.1 Å². The summed E-state index contributed by atoms with van der Waals surface area (Å²) in [6, 6.07) is 7.60. The van der Waals surface area contributed by atoms with Crippen LogP contribution in [0.5, 0.6) is 0 Å². The Balaban J connectivity index is 1.61. The summed E-state index contributed by atoms with van der Waals surface area (Å²) in [5.74, 6) is 0.449. The van der Waals surface area contributed by atoms with Crippen LogP contribution in [0.15, 0.2) is 24.3 Å². The minimum atomic E-state index is -0.398. The maximum absolute atomic E-state index is 12.7. The number of hydrogen-bond acceptors (Lipinski definition) is 6. The molecule has 0 spiro atoms. The molecule has 2 aromatic rings. The standard InChI is InChI=1S/C23H33N5O4/c1-16(2)13-21(26-9-11-32-12-10-26)14-24-23(29)20-7-5-19(6-8-20)15-27-18(4)22(28(30)31)17(3)25-27/h5-8,16,21H,9-15H2,1-4H3,(H,24,29). The van der Waals surface area contributed by atoms with Crippen LogP contribution in [-0.2, 0) is 11.3 Å². The van der Waals surface area contributed by atoms with Gasteiger partial charge in [-0.15, -0.1) is 0 Å². The molecule has 1 N–H and O–H groups in total. The summed E-state index contributed by atoms with van der Waals surface area (Å²) in [4.78, 5) is 25.9. The van der Waals surface area contributed by atoms with E-state index in [9.17, 15) is 14.9 Å². The van der Waals surface area contributed by atoms with Gasteiger partial charge in [0.15, 0.2) is 0 Å². The second-order valence-corrected chi connectivity index (χ2v) is 8.77. The Kier molecular flexibility index (Phi) is 7.98. The fourth-order valence-electron chi connectivity index (χ4n) is 4.20. The number of amides is 1. The van der Waals surface area contributed by atoms with Crippen molar-refractivity contribution in [1.29, 1.82) is 0 Å². The van der Waals surface area contributed by atoms with Gasteiger partial charge in [-0.1, -0.05) is 26.0 Å². The molecule has 1 amide bonds. The van der Waals surface area contributed by atoms with Crippen LogP contribution in [0, 0.1) is 29.9 Å². The molecule has 1 aliphatic rings. The molecule has 1 aliphatic heterocycles. The molecule has 9 heteroatoms. The zero-order valence-electron chi connectivity index (χ0n) is 19.3. The molecule has 1 aromatic carbocycles. The number of nitrogens with zero attached hydrogens (tertiary/aromatic N) is 4. The minimum absolute atomic E-state index is 0.0530. The molecule has 1 fully saturated rings. The Morgan fingerprint density at radius 2 is 1.88 bits per heavy atom. The quantitative estimate of drug-likeness (QED) is 0.472. The van der Waals surface area contributed by atoms with Gasteiger partial charge in [0.05, 0.1) is 24.7 Å². The van der Waals surface area contributed by atoms with Gasteiger partial charge in [0.25, 0.3) is 5.91 Å². The van der Waals surface area contributed by atoms with Crippen molar-refractivity contribution in [3.05, 3.63) is 56.9 Å². The van der Waals surface area contributed by atoms with Crippen molar-refractivity contribution in [2.45, 2.75) is 46.7 Å². The first-order chi connectivity index (χ1) is 15.3. The third-order valence-corrected chi connectivity index (χ3v) is 5.88. The molecule has 1 unspecified atom stereocenters. The highest BCUT2D eigenvalue weighted by atomic mass is 16.6. The van der Waals surface area contributed by atoms with Crippen molar-refractivity contribution in [3.63, 3.8) is 0 Å². The number of carbonyl (C=O) groups excluding carboxylic acids is 1. The summed E-state index contributed by atoms with van der Waals surface area (Å²) in [6.45, 7) is 12.0. The monoisotopic (exact) mass is 443 g/mol. The second kappa shape index (κ2) is 10.7. The molecule has 2 heterocycles. The SMILES string of the molecule is Cc1nn(Cc2ccc(C(=O)NCC(CC(C)C)N3CCOCC3)cc2)c(C)c1[N+](=O)[O-]. The highest BCUT2D eigenvalue weighted by Crippen LogP contribution is 2.22. The number of nitro groups is 1. The van der Waals surface area contributed by atoms with Crippen molar-refractivity contribution in [1.82, 2.24) is 20.0 Å². The van der Waals surface area contributed by atoms with Crippen molar-refractivity contribution in [3.8, 4) is 0 Å². The van der Waals surface area contributed by atoms with E-state index in [0.717, 1.165) is 38.3 Å². The zero-order chi connectivity index (χ0) is 23.3. The molecule has 0 saturated carbocycles. The normalized spacial score (nSPS) is 15.7. The fourth-order valence-corrected chi connectivity index (χ4v) is 4.20. The van der Waals surface area contributed by atoms with Gasteiger partial charge in [-0.2, -0.15) is 5.10 Å². The number of ether oxygens (including phenoxy) is 1. The lowest BCUT2D eigenvalue weighted by Crippen LogP contribution is -2.49. The summed E-state index contributed by atoms with van der Waals surface area (Å²) < 4.78 is 7.09. The maximum Gasteiger partial charge on any atom is 0.312 e. The van der Waals surface area contributed by atoms with Crippen LogP contribution in [0.25, 0.3) is 0 Å². The molecular formula is C23H33N5O4. The summed E-state index contributed by atoms with van der Waals surface area (Å²) in [5.41, 5.74) is 2.50. The number of morpholine rings is 1. The van der Waals surface area contributed by atoms with E-state index in [-0.39, 0.29) is 11.6 Å². The molecule has 1 atom stereocenters. The highest BCUT2D eigenvalue weighted by molar-refractivity contribution is 5.94. The molecule has 0 bridgehead atoms. The average molecular weight is 444 g/mol. The molecule has 9 nitrogen and oxygen atoms in total. The number of aryl methyl sites for hydroxylation is 1. The van der Waals surface area contributed by atoms with Gasteiger partial charge in [0, 0.05) is 31.2 Å². The van der Waals surface area contributed by atoms with Crippen LogP contribution in [0.2, 0.25) is 0 Å². The molecule has 174 valence electrons. The lowest BCUT2D eigenvalue weighted by Gasteiger charge is -2.35. The first-order valence-electron chi connectivity index (χ1n) is 11.1. The molecule has 32 heavy (non-hydrogen) atoms. The first-order valence-corrected chi connectivity index (χ1v) is 11.1. The third kappa shape index (κ3) is 5.92. The van der Waals surface area contributed by atoms with Crippen LogP contribution < -0.4 is 5.32 Å². The lowest BCUT2D eigenvalue weighted by molar-refractivity contribution is -0.386. The number of hydrogen-bond donors (Lipinski definition) is 1. The van der Waals surface area contributed by atoms with E-state index in [2.05, 4.69) is 29.2 Å². The van der Waals surface area contributed by atoms with Crippen LogP contribution in [0.1, 0.15) is 47.6 Å².